The average Bonchev–Trinajstić information content (AvgIpc) is 2.89. The maximum Gasteiger partial charge on any atom is 0.473 e. The summed E-state index contributed by atoms with van der Waals surface area (Å²) in [4.78, 5) is 14.1. The largest absolute Gasteiger partial charge is 0.491 e. The molecular formula is C16H17F3N2O2S. The Morgan fingerprint density at radius 1 is 1.38 bits per heavy atom. The van der Waals surface area contributed by atoms with E-state index in [1.54, 1.807) is 24.3 Å². The third kappa shape index (κ3) is 4.47. The molecule has 0 saturated carbocycles. The van der Waals surface area contributed by atoms with E-state index >= 15 is 0 Å². The number of alkyl halides is 3. The Morgan fingerprint density at radius 2 is 2.08 bits per heavy atom. The Kier molecular flexibility index (Phi) is 5.48. The van der Waals surface area contributed by atoms with Crippen molar-refractivity contribution < 1.29 is 22.7 Å². The third-order valence-electron chi connectivity index (χ3n) is 3.24. The number of amidine groups is 1. The van der Waals surface area contributed by atoms with E-state index in [0.29, 0.717) is 10.6 Å². The van der Waals surface area contributed by atoms with Gasteiger partial charge in [0, 0.05) is 4.70 Å². The Balaban J connectivity index is 2.25. The second kappa shape index (κ2) is 7.21. The highest BCUT2D eigenvalue weighted by Gasteiger charge is 2.38. The summed E-state index contributed by atoms with van der Waals surface area (Å²) in [5, 5.41) is 0.795. The van der Waals surface area contributed by atoms with Crippen LogP contribution >= 0.6 is 11.3 Å². The second-order valence-corrected chi connectivity index (χ2v) is 6.41. The van der Waals surface area contributed by atoms with Gasteiger partial charge < -0.3 is 10.5 Å². The molecule has 1 heterocycles. The van der Waals surface area contributed by atoms with Gasteiger partial charge in [0.25, 0.3) is 0 Å². The zero-order valence-corrected chi connectivity index (χ0v) is 14.0. The number of rotatable bonds is 5. The number of aliphatic imine (C=N–C) groups is 1. The van der Waals surface area contributed by atoms with Crippen LogP contribution in [-0.4, -0.2) is 24.0 Å². The van der Waals surface area contributed by atoms with Crippen LogP contribution in [0.15, 0.2) is 29.3 Å². The van der Waals surface area contributed by atoms with Crippen molar-refractivity contribution in [1.82, 2.24) is 0 Å². The van der Waals surface area contributed by atoms with Crippen molar-refractivity contribution in [2.24, 2.45) is 10.7 Å². The van der Waals surface area contributed by atoms with E-state index < -0.39 is 17.9 Å². The summed E-state index contributed by atoms with van der Waals surface area (Å²) in [6.07, 6.45) is -3.03. The number of nitrogens with zero attached hydrogens (tertiary/aromatic N) is 1. The molecule has 1 aromatic heterocycles. The number of benzene rings is 1. The quantitative estimate of drug-likeness (QED) is 0.641. The number of carbonyl (C=O) groups is 1. The van der Waals surface area contributed by atoms with Crippen LogP contribution in [0, 0.1) is 0 Å². The maximum absolute atomic E-state index is 12.2. The number of ether oxygens (including phenoxy) is 1. The SMILES string of the molecule is CCCC(C)Oc1ccc2cc(/C(N)=N/C(=O)C(F)(F)F)sc2c1. The number of thiophene rings is 1. The molecule has 4 nitrogen and oxygen atoms in total. The van der Waals surface area contributed by atoms with Crippen molar-refractivity contribution in [2.45, 2.75) is 39.0 Å². The molecule has 0 radical (unpaired) electrons. The summed E-state index contributed by atoms with van der Waals surface area (Å²) in [7, 11) is 0. The fourth-order valence-corrected chi connectivity index (χ4v) is 3.13. The molecule has 0 aliphatic heterocycles. The van der Waals surface area contributed by atoms with Gasteiger partial charge in [-0.2, -0.15) is 18.2 Å². The molecule has 24 heavy (non-hydrogen) atoms. The van der Waals surface area contributed by atoms with Crippen LogP contribution in [0.4, 0.5) is 13.2 Å². The van der Waals surface area contributed by atoms with Gasteiger partial charge in [-0.1, -0.05) is 13.3 Å². The maximum atomic E-state index is 12.2. The predicted octanol–water partition coefficient (Wildman–Crippen LogP) is 4.26. The zero-order valence-electron chi connectivity index (χ0n) is 13.2. The van der Waals surface area contributed by atoms with Crippen LogP contribution < -0.4 is 10.5 Å². The first-order chi connectivity index (χ1) is 11.2. The molecule has 130 valence electrons. The molecule has 0 aliphatic carbocycles. The van der Waals surface area contributed by atoms with Crippen molar-refractivity contribution in [1.29, 1.82) is 0 Å². The topological polar surface area (TPSA) is 64.7 Å². The van der Waals surface area contributed by atoms with Gasteiger partial charge >= 0.3 is 12.1 Å². The average molecular weight is 358 g/mol. The molecule has 1 amide bonds. The molecule has 1 unspecified atom stereocenters. The van der Waals surface area contributed by atoms with Gasteiger partial charge in [-0.05, 0) is 43.0 Å². The minimum atomic E-state index is -5.03. The minimum Gasteiger partial charge on any atom is -0.491 e. The van der Waals surface area contributed by atoms with E-state index in [0.717, 1.165) is 34.3 Å². The van der Waals surface area contributed by atoms with Gasteiger partial charge in [0.05, 0.1) is 11.0 Å². The van der Waals surface area contributed by atoms with Crippen LogP contribution in [-0.2, 0) is 4.79 Å². The molecule has 2 aromatic rings. The molecule has 8 heteroatoms. The first kappa shape index (κ1) is 18.3. The second-order valence-electron chi connectivity index (χ2n) is 5.33. The predicted molar refractivity (Wildman–Crippen MR) is 88.6 cm³/mol. The first-order valence-electron chi connectivity index (χ1n) is 7.36. The molecule has 0 spiro atoms. The minimum absolute atomic E-state index is 0.0721. The van der Waals surface area contributed by atoms with Crippen molar-refractivity contribution in [3.63, 3.8) is 0 Å². The number of halogens is 3. The number of hydrogen-bond acceptors (Lipinski definition) is 3. The molecule has 0 fully saturated rings. The Hall–Kier alpha value is -2.09. The van der Waals surface area contributed by atoms with E-state index in [-0.39, 0.29) is 6.10 Å². The summed E-state index contributed by atoms with van der Waals surface area (Å²) in [6.45, 7) is 4.04. The molecular weight excluding hydrogens is 341 g/mol. The molecule has 1 aromatic carbocycles. The van der Waals surface area contributed by atoms with E-state index in [1.807, 2.05) is 6.92 Å². The van der Waals surface area contributed by atoms with E-state index in [9.17, 15) is 18.0 Å². The standard InChI is InChI=1S/C16H17F3N2O2S/c1-3-4-9(2)23-11-6-5-10-7-13(24-12(10)8-11)14(20)21-15(22)16(17,18)19/h5-9H,3-4H2,1-2H3,(H2,20,21,22). The molecule has 0 aliphatic rings. The van der Waals surface area contributed by atoms with Crippen molar-refractivity contribution >= 4 is 33.2 Å². The normalized spacial score (nSPS) is 14.0. The highest BCUT2D eigenvalue weighted by Crippen LogP contribution is 2.30. The summed E-state index contributed by atoms with van der Waals surface area (Å²) in [5.41, 5.74) is 5.52. The lowest BCUT2D eigenvalue weighted by molar-refractivity contribution is -0.169. The molecule has 2 N–H and O–H groups in total. The van der Waals surface area contributed by atoms with Crippen molar-refractivity contribution in [2.75, 3.05) is 0 Å². The molecule has 0 bridgehead atoms. The number of hydrogen-bond donors (Lipinski definition) is 1. The lowest BCUT2D eigenvalue weighted by Crippen LogP contribution is -2.24. The van der Waals surface area contributed by atoms with E-state index in [1.165, 1.54) is 0 Å². The van der Waals surface area contributed by atoms with Crippen LogP contribution in [0.2, 0.25) is 0 Å². The monoisotopic (exact) mass is 358 g/mol. The van der Waals surface area contributed by atoms with Crippen LogP contribution in [0.5, 0.6) is 5.75 Å². The smallest absolute Gasteiger partial charge is 0.473 e. The summed E-state index contributed by atoms with van der Waals surface area (Å²) < 4.78 is 43.3. The summed E-state index contributed by atoms with van der Waals surface area (Å²) in [6, 6.07) is 6.98. The molecule has 1 atom stereocenters. The van der Waals surface area contributed by atoms with Crippen LogP contribution in [0.1, 0.15) is 31.6 Å². The fourth-order valence-electron chi connectivity index (χ4n) is 2.14. The number of fused-ring (bicyclic) bond motifs is 1. The van der Waals surface area contributed by atoms with Gasteiger partial charge in [0.15, 0.2) is 0 Å². The number of amides is 1. The van der Waals surface area contributed by atoms with Gasteiger partial charge in [-0.3, -0.25) is 4.79 Å². The van der Waals surface area contributed by atoms with Gasteiger partial charge in [-0.25, -0.2) is 0 Å². The third-order valence-corrected chi connectivity index (χ3v) is 4.36. The van der Waals surface area contributed by atoms with Gasteiger partial charge in [0.1, 0.15) is 11.6 Å². The van der Waals surface area contributed by atoms with E-state index in [2.05, 4.69) is 11.9 Å². The first-order valence-corrected chi connectivity index (χ1v) is 8.18. The van der Waals surface area contributed by atoms with E-state index in [4.69, 9.17) is 10.5 Å². The van der Waals surface area contributed by atoms with Crippen molar-refractivity contribution in [3.05, 3.63) is 29.1 Å². The van der Waals surface area contributed by atoms with Crippen molar-refractivity contribution in [3.8, 4) is 5.75 Å². The lowest BCUT2D eigenvalue weighted by Gasteiger charge is -2.13. The lowest BCUT2D eigenvalue weighted by atomic mass is 10.2. The van der Waals surface area contributed by atoms with Gasteiger partial charge in [-0.15, -0.1) is 11.3 Å². The zero-order chi connectivity index (χ0) is 17.9. The van der Waals surface area contributed by atoms with Crippen LogP contribution in [0.3, 0.4) is 0 Å². The highest BCUT2D eigenvalue weighted by atomic mass is 32.1. The molecule has 0 saturated heterocycles. The molecule has 2 rings (SSSR count). The summed E-state index contributed by atoms with van der Waals surface area (Å²) in [5.74, 6) is -1.98. The van der Waals surface area contributed by atoms with Crippen LogP contribution in [0.25, 0.3) is 10.1 Å². The highest BCUT2D eigenvalue weighted by molar-refractivity contribution is 7.20. The number of carbonyl (C=O) groups excluding carboxylic acids is 1. The number of nitrogens with two attached hydrogens (primary N) is 1. The summed E-state index contributed by atoms with van der Waals surface area (Å²) >= 11 is 1.16. The Labute approximate surface area is 141 Å². The Morgan fingerprint density at radius 3 is 2.71 bits per heavy atom. The fraction of sp³-hybridized carbons (Fsp3) is 0.375. The van der Waals surface area contributed by atoms with Gasteiger partial charge in [0.2, 0.25) is 0 Å². The Bertz CT molecular complexity index is 768.